The van der Waals surface area contributed by atoms with Crippen LogP contribution in [0.1, 0.15) is 24.2 Å². The van der Waals surface area contributed by atoms with Gasteiger partial charge in [-0.2, -0.15) is 4.98 Å². The van der Waals surface area contributed by atoms with Gasteiger partial charge in [-0.1, -0.05) is 32.0 Å². The first-order valence-corrected chi connectivity index (χ1v) is 10.4. The summed E-state index contributed by atoms with van der Waals surface area (Å²) in [4.78, 5) is 21.1. The molecule has 1 aromatic heterocycles. The number of hydrogen-bond acceptors (Lipinski definition) is 6. The predicted molar refractivity (Wildman–Crippen MR) is 123 cm³/mol. The molecule has 0 unspecified atom stereocenters. The molecule has 156 valence electrons. The van der Waals surface area contributed by atoms with Gasteiger partial charge in [0.05, 0.1) is 17.1 Å². The zero-order valence-corrected chi connectivity index (χ0v) is 18.3. The van der Waals surface area contributed by atoms with E-state index in [0.717, 1.165) is 11.4 Å². The predicted octanol–water partition coefficient (Wildman–Crippen LogP) is 4.66. The third kappa shape index (κ3) is 5.77. The Morgan fingerprint density at radius 1 is 1.07 bits per heavy atom. The van der Waals surface area contributed by atoms with E-state index >= 15 is 0 Å². The molecule has 0 spiro atoms. The van der Waals surface area contributed by atoms with E-state index in [9.17, 15) is 9.90 Å². The van der Waals surface area contributed by atoms with E-state index in [4.69, 9.17) is 0 Å². The minimum Gasteiger partial charge on any atom is -0.394 e. The Labute approximate surface area is 184 Å². The highest BCUT2D eigenvalue weighted by Crippen LogP contribution is 2.24. The third-order valence-electron chi connectivity index (χ3n) is 4.50. The van der Waals surface area contributed by atoms with Crippen molar-refractivity contribution in [1.29, 1.82) is 0 Å². The smallest absolute Gasteiger partial charge is 0.255 e. The number of aromatic nitrogens is 2. The zero-order chi connectivity index (χ0) is 21.5. The number of benzene rings is 2. The lowest BCUT2D eigenvalue weighted by Crippen LogP contribution is -2.30. The molecule has 8 heteroatoms. The number of carbonyl (C=O) groups excluding carboxylic acids is 1. The number of amides is 1. The minimum absolute atomic E-state index is 0.00335. The number of carbonyl (C=O) groups is 1. The second-order valence-electron chi connectivity index (χ2n) is 7.09. The highest BCUT2D eigenvalue weighted by molar-refractivity contribution is 9.10. The van der Waals surface area contributed by atoms with E-state index in [0.29, 0.717) is 21.8 Å². The summed E-state index contributed by atoms with van der Waals surface area (Å²) in [5, 5.41) is 18.8. The van der Waals surface area contributed by atoms with Gasteiger partial charge >= 0.3 is 0 Å². The van der Waals surface area contributed by atoms with Crippen LogP contribution in [0.25, 0.3) is 0 Å². The van der Waals surface area contributed by atoms with Crippen LogP contribution < -0.4 is 16.0 Å². The Morgan fingerprint density at radius 2 is 1.77 bits per heavy atom. The molecule has 3 aromatic rings. The summed E-state index contributed by atoms with van der Waals surface area (Å²) in [6.45, 7) is 4.05. The van der Waals surface area contributed by atoms with Crippen molar-refractivity contribution in [3.63, 3.8) is 0 Å². The van der Waals surface area contributed by atoms with Gasteiger partial charge in [-0.25, -0.2) is 4.98 Å². The van der Waals surface area contributed by atoms with Crippen molar-refractivity contribution < 1.29 is 9.90 Å². The summed E-state index contributed by atoms with van der Waals surface area (Å²) in [7, 11) is 0. The minimum atomic E-state index is -0.178. The Morgan fingerprint density at radius 3 is 2.40 bits per heavy atom. The van der Waals surface area contributed by atoms with Crippen molar-refractivity contribution in [1.82, 2.24) is 9.97 Å². The van der Waals surface area contributed by atoms with Crippen LogP contribution in [0.4, 0.5) is 23.1 Å². The monoisotopic (exact) mass is 469 g/mol. The second-order valence-corrected chi connectivity index (χ2v) is 7.94. The Balaban J connectivity index is 1.68. The van der Waals surface area contributed by atoms with E-state index in [1.165, 1.54) is 0 Å². The standard InChI is InChI=1S/C22H24BrN5O2/c1-14(2)19(13-29)27-20-18(23)12-24-22(28-20)26-17-10-8-15(9-11-17)21(30)25-16-6-4-3-5-7-16/h3-12,14,19,29H,13H2,1-2H3,(H,25,30)(H2,24,26,27,28)/t19-/m0/s1. The number of anilines is 4. The number of para-hydroxylation sites is 1. The average molecular weight is 470 g/mol. The van der Waals surface area contributed by atoms with Gasteiger partial charge in [0.25, 0.3) is 5.91 Å². The van der Waals surface area contributed by atoms with Crippen LogP contribution in [0.15, 0.2) is 65.3 Å². The number of rotatable bonds is 8. The molecular formula is C22H24BrN5O2. The van der Waals surface area contributed by atoms with Crippen molar-refractivity contribution in [3.8, 4) is 0 Å². The van der Waals surface area contributed by atoms with E-state index in [2.05, 4.69) is 41.8 Å². The van der Waals surface area contributed by atoms with E-state index in [1.807, 2.05) is 44.2 Å². The normalized spacial score (nSPS) is 11.8. The van der Waals surface area contributed by atoms with Crippen LogP contribution in [0.3, 0.4) is 0 Å². The fourth-order valence-corrected chi connectivity index (χ4v) is 2.99. The number of nitrogens with zero attached hydrogens (tertiary/aromatic N) is 2. The first kappa shape index (κ1) is 21.7. The van der Waals surface area contributed by atoms with Gasteiger partial charge in [0.1, 0.15) is 5.82 Å². The largest absolute Gasteiger partial charge is 0.394 e. The lowest BCUT2D eigenvalue weighted by Gasteiger charge is -2.21. The van der Waals surface area contributed by atoms with Gasteiger partial charge in [-0.3, -0.25) is 4.79 Å². The van der Waals surface area contributed by atoms with Crippen LogP contribution >= 0.6 is 15.9 Å². The van der Waals surface area contributed by atoms with Crippen LogP contribution in [0.5, 0.6) is 0 Å². The van der Waals surface area contributed by atoms with Gasteiger partial charge < -0.3 is 21.1 Å². The molecule has 0 aliphatic rings. The maximum absolute atomic E-state index is 12.4. The molecule has 1 atom stereocenters. The van der Waals surface area contributed by atoms with Gasteiger partial charge in [0, 0.05) is 23.1 Å². The van der Waals surface area contributed by atoms with Gasteiger partial charge in [-0.05, 0) is 58.2 Å². The molecule has 1 amide bonds. The zero-order valence-electron chi connectivity index (χ0n) is 16.8. The molecule has 0 saturated heterocycles. The van der Waals surface area contributed by atoms with E-state index < -0.39 is 0 Å². The Hall–Kier alpha value is -2.97. The lowest BCUT2D eigenvalue weighted by molar-refractivity contribution is 0.102. The molecule has 0 fully saturated rings. The highest BCUT2D eigenvalue weighted by atomic mass is 79.9. The van der Waals surface area contributed by atoms with Gasteiger partial charge in [-0.15, -0.1) is 0 Å². The molecule has 4 N–H and O–H groups in total. The third-order valence-corrected chi connectivity index (χ3v) is 5.08. The molecule has 3 rings (SSSR count). The summed E-state index contributed by atoms with van der Waals surface area (Å²) in [5.41, 5.74) is 2.05. The maximum atomic E-state index is 12.4. The SMILES string of the molecule is CC(C)[C@H](CO)Nc1nc(Nc2ccc(C(=O)Nc3ccccc3)cc2)ncc1Br. The number of nitrogens with one attached hydrogen (secondary N) is 3. The Bertz CT molecular complexity index is 981. The maximum Gasteiger partial charge on any atom is 0.255 e. The molecule has 0 aliphatic heterocycles. The molecule has 0 radical (unpaired) electrons. The fourth-order valence-electron chi connectivity index (χ4n) is 2.69. The van der Waals surface area contributed by atoms with E-state index in [-0.39, 0.29) is 24.5 Å². The fraction of sp³-hybridized carbons (Fsp3) is 0.227. The summed E-state index contributed by atoms with van der Waals surface area (Å²) in [6.07, 6.45) is 1.65. The summed E-state index contributed by atoms with van der Waals surface area (Å²) < 4.78 is 0.708. The van der Waals surface area contributed by atoms with Crippen LogP contribution in [0.2, 0.25) is 0 Å². The molecular weight excluding hydrogens is 446 g/mol. The quantitative estimate of drug-likeness (QED) is 0.382. The summed E-state index contributed by atoms with van der Waals surface area (Å²) in [6, 6.07) is 16.3. The van der Waals surface area contributed by atoms with Gasteiger partial charge in [0.2, 0.25) is 5.95 Å². The number of hydrogen-bond donors (Lipinski definition) is 4. The van der Waals surface area contributed by atoms with Crippen molar-refractivity contribution in [2.45, 2.75) is 19.9 Å². The van der Waals surface area contributed by atoms with Gasteiger partial charge in [0.15, 0.2) is 0 Å². The lowest BCUT2D eigenvalue weighted by atomic mass is 10.1. The molecule has 0 aliphatic carbocycles. The molecule has 0 saturated carbocycles. The molecule has 7 nitrogen and oxygen atoms in total. The first-order valence-electron chi connectivity index (χ1n) is 9.59. The highest BCUT2D eigenvalue weighted by Gasteiger charge is 2.15. The van der Waals surface area contributed by atoms with Crippen molar-refractivity contribution in [2.24, 2.45) is 5.92 Å². The second kappa shape index (κ2) is 10.2. The number of aliphatic hydroxyl groups is 1. The summed E-state index contributed by atoms with van der Waals surface area (Å²) >= 11 is 3.43. The molecule has 30 heavy (non-hydrogen) atoms. The van der Waals surface area contributed by atoms with E-state index in [1.54, 1.807) is 30.5 Å². The molecule has 2 aromatic carbocycles. The first-order chi connectivity index (χ1) is 14.5. The van der Waals surface area contributed by atoms with Crippen LogP contribution in [0, 0.1) is 5.92 Å². The molecule has 1 heterocycles. The van der Waals surface area contributed by atoms with Crippen molar-refractivity contribution in [3.05, 3.63) is 70.8 Å². The van der Waals surface area contributed by atoms with Crippen molar-refractivity contribution >= 4 is 45.0 Å². The molecule has 0 bridgehead atoms. The summed E-state index contributed by atoms with van der Waals surface area (Å²) in [5.74, 6) is 1.06. The number of halogens is 1. The topological polar surface area (TPSA) is 99.2 Å². The Kier molecular flexibility index (Phi) is 7.37. The van der Waals surface area contributed by atoms with Crippen LogP contribution in [-0.4, -0.2) is 33.6 Å². The van der Waals surface area contributed by atoms with Crippen molar-refractivity contribution in [2.75, 3.05) is 22.6 Å². The average Bonchev–Trinajstić information content (AvgIpc) is 2.75. The van der Waals surface area contributed by atoms with Crippen LogP contribution in [-0.2, 0) is 0 Å². The number of aliphatic hydroxyl groups excluding tert-OH is 1.